The lowest BCUT2D eigenvalue weighted by Gasteiger charge is -2.31. The standard InChI is InChI=1S/C15H17F9O8S/c1-8(6-30-5-3-2-4-11(16,17)15(23,24)33(27,28)29)10(25)32-9-7-31-13(26,12(9,18)19)14(20,21)22/h9,26H,1-7H2,(H,27,28,29). The van der Waals surface area contributed by atoms with Gasteiger partial charge in [0.05, 0.1) is 18.8 Å². The SMILES string of the molecule is C=C(COCCCCC(F)(F)C(F)(F)S(=O)(=O)O)C(=O)OC1COC(O)(C(F)(F)F)C1(F)F. The summed E-state index contributed by atoms with van der Waals surface area (Å²) in [5.74, 6) is -16.7. The molecule has 18 heteroatoms. The van der Waals surface area contributed by atoms with Gasteiger partial charge in [-0.3, -0.25) is 4.55 Å². The molecule has 2 unspecified atom stereocenters. The molecule has 1 fully saturated rings. The zero-order valence-corrected chi connectivity index (χ0v) is 17.0. The second-order valence-electron chi connectivity index (χ2n) is 6.78. The fourth-order valence-corrected chi connectivity index (χ4v) is 2.83. The number of carbonyl (C=O) groups excluding carboxylic acids is 1. The van der Waals surface area contributed by atoms with Gasteiger partial charge >= 0.3 is 45.2 Å². The molecule has 0 bridgehead atoms. The van der Waals surface area contributed by atoms with Crippen LogP contribution in [0.25, 0.3) is 0 Å². The number of aliphatic hydroxyl groups is 1. The van der Waals surface area contributed by atoms with E-state index in [1.165, 1.54) is 0 Å². The van der Waals surface area contributed by atoms with Gasteiger partial charge in [0, 0.05) is 13.0 Å². The number of unbranched alkanes of at least 4 members (excludes halogenated alkanes) is 1. The zero-order valence-electron chi connectivity index (χ0n) is 16.2. The number of esters is 1. The smallest absolute Gasteiger partial charge is 0.449 e. The average molecular weight is 528 g/mol. The number of rotatable bonds is 11. The van der Waals surface area contributed by atoms with Gasteiger partial charge in [-0.25, -0.2) is 4.79 Å². The summed E-state index contributed by atoms with van der Waals surface area (Å²) >= 11 is 0. The van der Waals surface area contributed by atoms with Gasteiger partial charge in [0.1, 0.15) is 0 Å². The van der Waals surface area contributed by atoms with Gasteiger partial charge in [-0.1, -0.05) is 6.58 Å². The van der Waals surface area contributed by atoms with Crippen molar-refractivity contribution in [1.82, 2.24) is 0 Å². The molecule has 0 saturated carbocycles. The molecular weight excluding hydrogens is 511 g/mol. The molecule has 0 amide bonds. The van der Waals surface area contributed by atoms with Crippen molar-refractivity contribution in [3.05, 3.63) is 12.2 Å². The quantitative estimate of drug-likeness (QED) is 0.138. The first-order chi connectivity index (χ1) is 14.6. The fraction of sp³-hybridized carbons (Fsp3) is 0.800. The van der Waals surface area contributed by atoms with Crippen molar-refractivity contribution in [2.45, 2.75) is 54.4 Å². The van der Waals surface area contributed by atoms with E-state index in [4.69, 9.17) is 14.4 Å². The first-order valence-corrected chi connectivity index (χ1v) is 10.1. The molecule has 2 N–H and O–H groups in total. The second-order valence-corrected chi connectivity index (χ2v) is 8.24. The number of alkyl halides is 9. The van der Waals surface area contributed by atoms with Crippen LogP contribution in [0, 0.1) is 0 Å². The molecule has 0 radical (unpaired) electrons. The minimum absolute atomic E-state index is 0.396. The third-order valence-corrected chi connectivity index (χ3v) is 5.22. The maximum absolute atomic E-state index is 13.8. The predicted octanol–water partition coefficient (Wildman–Crippen LogP) is 2.67. The number of halogens is 9. The molecule has 0 aromatic carbocycles. The van der Waals surface area contributed by atoms with Crippen LogP contribution >= 0.6 is 0 Å². The van der Waals surface area contributed by atoms with Crippen molar-refractivity contribution in [3.8, 4) is 0 Å². The highest BCUT2D eigenvalue weighted by Gasteiger charge is 2.78. The Labute approximate surface area is 180 Å². The second kappa shape index (κ2) is 9.55. The van der Waals surface area contributed by atoms with Crippen LogP contribution in [-0.4, -0.2) is 79.0 Å². The van der Waals surface area contributed by atoms with E-state index in [1.54, 1.807) is 0 Å². The highest BCUT2D eigenvalue weighted by Crippen LogP contribution is 2.49. The van der Waals surface area contributed by atoms with Crippen LogP contribution in [0.3, 0.4) is 0 Å². The summed E-state index contributed by atoms with van der Waals surface area (Å²) in [4.78, 5) is 11.7. The van der Waals surface area contributed by atoms with Crippen molar-refractivity contribution >= 4 is 16.1 Å². The molecule has 2 atom stereocenters. The van der Waals surface area contributed by atoms with Crippen LogP contribution in [0.15, 0.2) is 12.2 Å². The zero-order chi connectivity index (χ0) is 26.1. The van der Waals surface area contributed by atoms with E-state index in [0.717, 1.165) is 0 Å². The van der Waals surface area contributed by atoms with Crippen molar-refractivity contribution < 1.29 is 76.6 Å². The van der Waals surface area contributed by atoms with E-state index in [0.29, 0.717) is 0 Å². The van der Waals surface area contributed by atoms with Gasteiger partial charge in [0.2, 0.25) is 0 Å². The van der Waals surface area contributed by atoms with Crippen LogP contribution in [0.4, 0.5) is 39.5 Å². The molecule has 8 nitrogen and oxygen atoms in total. The molecule has 1 rings (SSSR count). The molecule has 1 saturated heterocycles. The number of hydrogen-bond acceptors (Lipinski definition) is 7. The lowest BCUT2D eigenvalue weighted by molar-refractivity contribution is -0.405. The van der Waals surface area contributed by atoms with E-state index in [2.05, 4.69) is 16.1 Å². The summed E-state index contributed by atoms with van der Waals surface area (Å²) in [5, 5.41) is 3.34. The predicted molar refractivity (Wildman–Crippen MR) is 87.0 cm³/mol. The molecule has 1 heterocycles. The highest BCUT2D eigenvalue weighted by atomic mass is 32.2. The molecule has 0 aromatic heterocycles. The Hall–Kier alpha value is -1.63. The molecule has 1 aliphatic heterocycles. The van der Waals surface area contributed by atoms with E-state index in [1.807, 2.05) is 0 Å². The Bertz CT molecular complexity index is 843. The first kappa shape index (κ1) is 29.4. The van der Waals surface area contributed by atoms with Crippen LogP contribution in [0.5, 0.6) is 0 Å². The molecule has 0 spiro atoms. The lowest BCUT2D eigenvalue weighted by Crippen LogP contribution is -2.59. The van der Waals surface area contributed by atoms with Gasteiger partial charge in [-0.15, -0.1) is 0 Å². The molecule has 0 aliphatic carbocycles. The fourth-order valence-electron chi connectivity index (χ4n) is 2.35. The number of ether oxygens (including phenoxy) is 3. The van der Waals surface area contributed by atoms with Crippen molar-refractivity contribution in [3.63, 3.8) is 0 Å². The molecule has 33 heavy (non-hydrogen) atoms. The number of hydrogen-bond donors (Lipinski definition) is 2. The Balaban J connectivity index is 2.47. The van der Waals surface area contributed by atoms with Gasteiger partial charge in [0.25, 0.3) is 0 Å². The monoisotopic (exact) mass is 528 g/mol. The van der Waals surface area contributed by atoms with E-state index in [9.17, 15) is 52.7 Å². The Morgan fingerprint density at radius 2 is 1.67 bits per heavy atom. The largest absolute Gasteiger partial charge is 0.450 e. The Morgan fingerprint density at radius 1 is 1.12 bits per heavy atom. The van der Waals surface area contributed by atoms with E-state index < -0.39 is 95.9 Å². The topological polar surface area (TPSA) is 119 Å². The van der Waals surface area contributed by atoms with Gasteiger partial charge in [0.15, 0.2) is 6.10 Å². The third kappa shape index (κ3) is 5.90. The summed E-state index contributed by atoms with van der Waals surface area (Å²) in [5.41, 5.74) is -0.712. The van der Waals surface area contributed by atoms with Crippen molar-refractivity contribution in [1.29, 1.82) is 0 Å². The summed E-state index contributed by atoms with van der Waals surface area (Å²) < 4.78 is 159. The molecule has 194 valence electrons. The summed E-state index contributed by atoms with van der Waals surface area (Å²) in [6, 6.07) is 0. The normalized spacial score (nSPS) is 24.0. The minimum atomic E-state index is -6.38. The van der Waals surface area contributed by atoms with Crippen LogP contribution in [0.1, 0.15) is 19.3 Å². The summed E-state index contributed by atoms with van der Waals surface area (Å²) in [6.07, 6.45) is -11.6. The van der Waals surface area contributed by atoms with Gasteiger partial charge in [-0.2, -0.15) is 47.9 Å². The first-order valence-electron chi connectivity index (χ1n) is 8.62. The average Bonchev–Trinajstić information content (AvgIpc) is 2.87. The minimum Gasteiger partial charge on any atom is -0.450 e. The third-order valence-electron chi connectivity index (χ3n) is 4.28. The molecule has 1 aliphatic rings. The van der Waals surface area contributed by atoms with Gasteiger partial charge in [-0.05, 0) is 12.8 Å². The maximum atomic E-state index is 13.8. The lowest BCUT2D eigenvalue weighted by atomic mass is 10.1. The molecule has 0 aromatic rings. The van der Waals surface area contributed by atoms with E-state index in [-0.39, 0.29) is 0 Å². The molecular formula is C15H17F9O8S. The Kier molecular flexibility index (Phi) is 8.51. The summed E-state index contributed by atoms with van der Waals surface area (Å²) in [6.45, 7) is 0.257. The van der Waals surface area contributed by atoms with Crippen molar-refractivity contribution in [2.75, 3.05) is 19.8 Å². The van der Waals surface area contributed by atoms with Crippen LogP contribution in [-0.2, 0) is 29.1 Å². The highest BCUT2D eigenvalue weighted by molar-refractivity contribution is 7.87. The van der Waals surface area contributed by atoms with Crippen LogP contribution < -0.4 is 0 Å². The van der Waals surface area contributed by atoms with Crippen LogP contribution in [0.2, 0.25) is 0 Å². The van der Waals surface area contributed by atoms with E-state index >= 15 is 0 Å². The summed E-state index contributed by atoms with van der Waals surface area (Å²) in [7, 11) is -6.38. The maximum Gasteiger partial charge on any atom is 0.449 e. The van der Waals surface area contributed by atoms with Gasteiger partial charge < -0.3 is 19.3 Å². The Morgan fingerprint density at radius 3 is 2.12 bits per heavy atom. The number of carbonyl (C=O) groups is 1. The van der Waals surface area contributed by atoms with Crippen molar-refractivity contribution in [2.24, 2.45) is 0 Å².